The van der Waals surface area contributed by atoms with E-state index in [2.05, 4.69) is 19.9 Å². The van der Waals surface area contributed by atoms with Gasteiger partial charge in [-0.05, 0) is 46.2 Å². The summed E-state index contributed by atoms with van der Waals surface area (Å²) in [6, 6.07) is 1.86. The predicted octanol–water partition coefficient (Wildman–Crippen LogP) is 2.88. The van der Waals surface area contributed by atoms with Crippen molar-refractivity contribution in [2.24, 2.45) is 0 Å². The minimum absolute atomic E-state index is 0.156. The molecular formula is C20H28N4O3. The Labute approximate surface area is 160 Å². The maximum absolute atomic E-state index is 12.6. The van der Waals surface area contributed by atoms with Crippen LogP contribution in [0.4, 0.5) is 5.82 Å². The lowest BCUT2D eigenvalue weighted by atomic mass is 10.1. The van der Waals surface area contributed by atoms with Gasteiger partial charge in [-0.1, -0.05) is 5.16 Å². The second kappa shape index (κ2) is 8.08. The Kier molecular flexibility index (Phi) is 5.79. The van der Waals surface area contributed by atoms with Gasteiger partial charge in [0.15, 0.2) is 0 Å². The average molecular weight is 372 g/mol. The number of esters is 1. The maximum Gasteiger partial charge on any atom is 0.342 e. The fourth-order valence-electron chi connectivity index (χ4n) is 3.38. The first-order valence-corrected chi connectivity index (χ1v) is 9.42. The van der Waals surface area contributed by atoms with Crippen LogP contribution in [0.3, 0.4) is 0 Å². The molecule has 1 aliphatic rings. The molecule has 7 nitrogen and oxygen atoms in total. The number of pyridine rings is 1. The van der Waals surface area contributed by atoms with E-state index in [1.54, 1.807) is 6.20 Å². The molecule has 0 radical (unpaired) electrons. The van der Waals surface area contributed by atoms with Crippen molar-refractivity contribution < 1.29 is 14.1 Å². The van der Waals surface area contributed by atoms with E-state index in [0.29, 0.717) is 5.56 Å². The van der Waals surface area contributed by atoms with E-state index in [-0.39, 0.29) is 12.1 Å². The zero-order valence-corrected chi connectivity index (χ0v) is 16.8. The molecule has 0 atom stereocenters. The van der Waals surface area contributed by atoms with Gasteiger partial charge in [-0.15, -0.1) is 0 Å². The van der Waals surface area contributed by atoms with E-state index in [4.69, 9.17) is 9.26 Å². The fraction of sp³-hybridized carbons (Fsp3) is 0.550. The molecule has 3 heterocycles. The smallest absolute Gasteiger partial charge is 0.342 e. The molecule has 0 aromatic carbocycles. The van der Waals surface area contributed by atoms with Crippen molar-refractivity contribution in [1.29, 1.82) is 0 Å². The SMILES string of the molecule is Cc1ccnc(N2CCN(Cc3c(C)noc3C)CC2)c1C(=O)OC(C)C. The number of carbonyl (C=O) groups is 1. The van der Waals surface area contributed by atoms with E-state index >= 15 is 0 Å². The van der Waals surface area contributed by atoms with Gasteiger partial charge in [0.1, 0.15) is 17.1 Å². The molecule has 27 heavy (non-hydrogen) atoms. The van der Waals surface area contributed by atoms with Crippen molar-refractivity contribution >= 4 is 11.8 Å². The minimum Gasteiger partial charge on any atom is -0.459 e. The second-order valence-electron chi connectivity index (χ2n) is 7.35. The molecule has 1 fully saturated rings. The van der Waals surface area contributed by atoms with E-state index in [1.165, 1.54) is 5.56 Å². The van der Waals surface area contributed by atoms with Crippen LogP contribution in [0.5, 0.6) is 0 Å². The van der Waals surface area contributed by atoms with Gasteiger partial charge < -0.3 is 14.2 Å². The number of hydrogen-bond acceptors (Lipinski definition) is 7. The van der Waals surface area contributed by atoms with Crippen LogP contribution in [0.15, 0.2) is 16.8 Å². The molecule has 1 aliphatic heterocycles. The van der Waals surface area contributed by atoms with Crippen molar-refractivity contribution in [3.63, 3.8) is 0 Å². The summed E-state index contributed by atoms with van der Waals surface area (Å²) < 4.78 is 10.7. The standard InChI is InChI=1S/C20H28N4O3/c1-13(2)26-20(25)18-14(3)6-7-21-19(18)24-10-8-23(9-11-24)12-17-15(4)22-27-16(17)5/h6-7,13H,8-12H2,1-5H3. The Morgan fingerprint density at radius 3 is 2.52 bits per heavy atom. The largest absolute Gasteiger partial charge is 0.459 e. The van der Waals surface area contributed by atoms with E-state index in [1.807, 2.05) is 40.7 Å². The molecule has 0 aliphatic carbocycles. The molecular weight excluding hydrogens is 344 g/mol. The van der Waals surface area contributed by atoms with Crippen molar-refractivity contribution in [3.8, 4) is 0 Å². The zero-order chi connectivity index (χ0) is 19.6. The highest BCUT2D eigenvalue weighted by Crippen LogP contribution is 2.24. The molecule has 0 unspecified atom stereocenters. The number of ether oxygens (including phenoxy) is 1. The van der Waals surface area contributed by atoms with Gasteiger partial charge in [0.2, 0.25) is 0 Å². The van der Waals surface area contributed by atoms with Gasteiger partial charge in [0.25, 0.3) is 0 Å². The quantitative estimate of drug-likeness (QED) is 0.747. The lowest BCUT2D eigenvalue weighted by Crippen LogP contribution is -2.47. The lowest BCUT2D eigenvalue weighted by Gasteiger charge is -2.36. The van der Waals surface area contributed by atoms with Gasteiger partial charge in [-0.2, -0.15) is 0 Å². The Hall–Kier alpha value is -2.41. The average Bonchev–Trinajstić information content (AvgIpc) is 2.93. The number of piperazine rings is 1. The summed E-state index contributed by atoms with van der Waals surface area (Å²) in [6.45, 7) is 13.8. The number of aromatic nitrogens is 2. The summed E-state index contributed by atoms with van der Waals surface area (Å²) in [7, 11) is 0. The Bertz CT molecular complexity index is 788. The first kappa shape index (κ1) is 19.4. The Balaban J connectivity index is 1.71. The molecule has 0 saturated carbocycles. The van der Waals surface area contributed by atoms with Gasteiger partial charge in [-0.3, -0.25) is 4.90 Å². The molecule has 0 bridgehead atoms. The van der Waals surface area contributed by atoms with Crippen LogP contribution in [-0.4, -0.2) is 53.3 Å². The van der Waals surface area contributed by atoms with Gasteiger partial charge >= 0.3 is 5.97 Å². The first-order valence-electron chi connectivity index (χ1n) is 9.42. The lowest BCUT2D eigenvalue weighted by molar-refractivity contribution is 0.0377. The summed E-state index contributed by atoms with van der Waals surface area (Å²) in [6.07, 6.45) is 1.60. The predicted molar refractivity (Wildman–Crippen MR) is 103 cm³/mol. The molecule has 0 spiro atoms. The maximum atomic E-state index is 12.6. The van der Waals surface area contributed by atoms with Gasteiger partial charge in [0.05, 0.1) is 11.8 Å². The van der Waals surface area contributed by atoms with Crippen LogP contribution in [0, 0.1) is 20.8 Å². The minimum atomic E-state index is -0.302. The van der Waals surface area contributed by atoms with Crippen LogP contribution in [-0.2, 0) is 11.3 Å². The first-order chi connectivity index (χ1) is 12.9. The summed E-state index contributed by atoms with van der Waals surface area (Å²) in [5.74, 6) is 1.30. The second-order valence-corrected chi connectivity index (χ2v) is 7.35. The normalized spacial score (nSPS) is 15.4. The van der Waals surface area contributed by atoms with Crippen LogP contribution < -0.4 is 4.90 Å². The summed E-state index contributed by atoms with van der Waals surface area (Å²) in [5.41, 5.74) is 3.58. The molecule has 0 amide bonds. The summed E-state index contributed by atoms with van der Waals surface area (Å²) in [5, 5.41) is 4.03. The van der Waals surface area contributed by atoms with Crippen molar-refractivity contribution in [3.05, 3.63) is 40.4 Å². The summed E-state index contributed by atoms with van der Waals surface area (Å²) in [4.78, 5) is 21.6. The van der Waals surface area contributed by atoms with Crippen LogP contribution in [0.25, 0.3) is 0 Å². The van der Waals surface area contributed by atoms with Crippen molar-refractivity contribution in [2.75, 3.05) is 31.1 Å². The molecule has 7 heteroatoms. The number of anilines is 1. The number of aryl methyl sites for hydroxylation is 3. The molecule has 2 aromatic rings. The summed E-state index contributed by atoms with van der Waals surface area (Å²) >= 11 is 0. The number of rotatable bonds is 5. The third-order valence-corrected chi connectivity index (χ3v) is 4.92. The van der Waals surface area contributed by atoms with Crippen molar-refractivity contribution in [2.45, 2.75) is 47.3 Å². The van der Waals surface area contributed by atoms with Crippen LogP contribution >= 0.6 is 0 Å². The monoisotopic (exact) mass is 372 g/mol. The van der Waals surface area contributed by atoms with Crippen LogP contribution in [0.2, 0.25) is 0 Å². The molecule has 3 rings (SSSR count). The van der Waals surface area contributed by atoms with E-state index in [0.717, 1.165) is 55.6 Å². The number of nitrogens with zero attached hydrogens (tertiary/aromatic N) is 4. The highest BCUT2D eigenvalue weighted by molar-refractivity contribution is 5.96. The molecule has 0 N–H and O–H groups in total. The molecule has 1 saturated heterocycles. The van der Waals surface area contributed by atoms with E-state index < -0.39 is 0 Å². The number of carbonyl (C=O) groups excluding carboxylic acids is 1. The van der Waals surface area contributed by atoms with Gasteiger partial charge in [-0.25, -0.2) is 9.78 Å². The topological polar surface area (TPSA) is 71.7 Å². The Morgan fingerprint density at radius 1 is 1.22 bits per heavy atom. The highest BCUT2D eigenvalue weighted by Gasteiger charge is 2.26. The van der Waals surface area contributed by atoms with Gasteiger partial charge in [0, 0.05) is 44.5 Å². The fourth-order valence-corrected chi connectivity index (χ4v) is 3.38. The van der Waals surface area contributed by atoms with Crippen LogP contribution in [0.1, 0.15) is 46.8 Å². The third-order valence-electron chi connectivity index (χ3n) is 4.92. The third kappa shape index (κ3) is 4.30. The van der Waals surface area contributed by atoms with E-state index in [9.17, 15) is 4.79 Å². The highest BCUT2D eigenvalue weighted by atomic mass is 16.5. The zero-order valence-electron chi connectivity index (χ0n) is 16.8. The number of hydrogen-bond donors (Lipinski definition) is 0. The molecule has 146 valence electrons. The van der Waals surface area contributed by atoms with Crippen molar-refractivity contribution in [1.82, 2.24) is 15.0 Å². The molecule has 2 aromatic heterocycles. The Morgan fingerprint density at radius 2 is 1.93 bits per heavy atom.